The monoisotopic (exact) mass is 390 g/mol. The second kappa shape index (κ2) is 23.7. The number of carboxylic acids is 1. The predicted molar refractivity (Wildman–Crippen MR) is 115 cm³/mol. The van der Waals surface area contributed by atoms with E-state index < -0.39 is 5.97 Å². The van der Waals surface area contributed by atoms with Crippen molar-refractivity contribution < 1.29 is 14.7 Å². The van der Waals surface area contributed by atoms with Crippen LogP contribution in [0, 0.1) is 0 Å². The molecule has 4 nitrogen and oxygen atoms in total. The molecule has 1 amide bonds. The molecular weight excluding hydrogens is 349 g/mol. The maximum absolute atomic E-state index is 11.3. The average molecular weight is 391 g/mol. The second-order valence-corrected chi connectivity index (χ2v) is 7.18. The van der Waals surface area contributed by atoms with E-state index in [0.29, 0.717) is 6.54 Å². The van der Waals surface area contributed by atoms with Gasteiger partial charge in [-0.15, -0.1) is 0 Å². The summed E-state index contributed by atoms with van der Waals surface area (Å²) >= 11 is 0. The van der Waals surface area contributed by atoms with E-state index in [1.54, 1.807) is 0 Å². The van der Waals surface area contributed by atoms with Crippen LogP contribution in [0.15, 0.2) is 12.2 Å². The van der Waals surface area contributed by atoms with Gasteiger partial charge in [-0.05, 0) is 32.1 Å². The zero-order valence-electron chi connectivity index (χ0n) is 17.9. The molecule has 0 aromatic heterocycles. The zero-order valence-corrected chi connectivity index (χ0v) is 19.9. The maximum atomic E-state index is 11.3. The summed E-state index contributed by atoms with van der Waals surface area (Å²) in [7, 11) is 0. The van der Waals surface area contributed by atoms with Crippen molar-refractivity contribution in [3.8, 4) is 0 Å². The number of amides is 1. The molecule has 0 aliphatic rings. The van der Waals surface area contributed by atoms with Crippen LogP contribution in [0.25, 0.3) is 0 Å². The van der Waals surface area contributed by atoms with Crippen LogP contribution in [0.5, 0.6) is 0 Å². The Labute approximate surface area is 189 Å². The van der Waals surface area contributed by atoms with E-state index in [-0.39, 0.29) is 48.3 Å². The molecule has 153 valence electrons. The van der Waals surface area contributed by atoms with Gasteiger partial charge < -0.3 is 10.4 Å². The Kier molecular flexibility index (Phi) is 25.4. The third-order valence-electron chi connectivity index (χ3n) is 4.58. The van der Waals surface area contributed by atoms with Crippen LogP contribution in [-0.4, -0.2) is 53.1 Å². The van der Waals surface area contributed by atoms with Gasteiger partial charge in [-0.25, -0.2) is 0 Å². The van der Waals surface area contributed by atoms with Crippen molar-refractivity contribution in [2.45, 2.75) is 110 Å². The van der Waals surface area contributed by atoms with E-state index in [1.807, 2.05) is 0 Å². The van der Waals surface area contributed by atoms with Gasteiger partial charge in [0.2, 0.25) is 5.91 Å². The molecule has 0 aliphatic carbocycles. The van der Waals surface area contributed by atoms with Gasteiger partial charge in [-0.1, -0.05) is 76.9 Å². The average Bonchev–Trinajstić information content (AvgIpc) is 2.62. The molecule has 2 N–H and O–H groups in total. The van der Waals surface area contributed by atoms with Gasteiger partial charge in [-0.2, -0.15) is 0 Å². The number of hydrogen-bond donors (Lipinski definition) is 2. The van der Waals surface area contributed by atoms with Gasteiger partial charge in [0.05, 0.1) is 6.42 Å². The van der Waals surface area contributed by atoms with Gasteiger partial charge in [0.25, 0.3) is 0 Å². The molecule has 0 atom stereocenters. The van der Waals surface area contributed by atoms with Gasteiger partial charge in [0.1, 0.15) is 0 Å². The number of aliphatic carboxylic acids is 1. The molecule has 0 saturated heterocycles. The molecule has 0 spiro atoms. The van der Waals surface area contributed by atoms with Crippen molar-refractivity contribution in [2.75, 3.05) is 6.54 Å². The largest absolute Gasteiger partial charge is 0.481 e. The Morgan fingerprint density at radius 1 is 0.741 bits per heavy atom. The van der Waals surface area contributed by atoms with E-state index in [0.717, 1.165) is 12.8 Å². The van der Waals surface area contributed by atoms with Crippen molar-refractivity contribution in [3.63, 3.8) is 0 Å². The molecule has 1 radical (unpaired) electrons. The summed E-state index contributed by atoms with van der Waals surface area (Å²) in [6.45, 7) is 2.93. The van der Waals surface area contributed by atoms with Crippen molar-refractivity contribution in [1.29, 1.82) is 0 Å². The van der Waals surface area contributed by atoms with Crippen LogP contribution >= 0.6 is 0 Å². The number of rotatable bonds is 19. The molecule has 0 rings (SSSR count). The Morgan fingerprint density at radius 2 is 1.22 bits per heavy atom. The molecule has 0 bridgehead atoms. The minimum atomic E-state index is -0.919. The first-order chi connectivity index (χ1) is 12.7. The fraction of sp³-hybridized carbons (Fsp3) is 0.818. The molecular formula is C22H41NNaO3. The number of nitrogens with one attached hydrogen (secondary N) is 1. The van der Waals surface area contributed by atoms with Crippen LogP contribution in [0.4, 0.5) is 0 Å². The molecule has 0 saturated carbocycles. The minimum absolute atomic E-state index is 0. The Morgan fingerprint density at radius 3 is 1.74 bits per heavy atom. The van der Waals surface area contributed by atoms with Crippen molar-refractivity contribution in [1.82, 2.24) is 5.32 Å². The molecule has 0 heterocycles. The molecule has 27 heavy (non-hydrogen) atoms. The van der Waals surface area contributed by atoms with Crippen LogP contribution in [0.3, 0.4) is 0 Å². The molecule has 0 aromatic carbocycles. The summed E-state index contributed by atoms with van der Waals surface area (Å²) in [6, 6.07) is 0. The van der Waals surface area contributed by atoms with E-state index in [2.05, 4.69) is 24.4 Å². The standard InChI is InChI=1S/C22H41NO3.Na/c1-2-3-4-5-6-7-8-9-10-11-12-13-14-15-16-17-20-23-21(24)18-19-22(25)26;/h9-10H,2-8,11-20H2,1H3,(H,23,24)(H,25,26);. The zero-order chi connectivity index (χ0) is 19.3. The first-order valence-electron chi connectivity index (χ1n) is 10.8. The van der Waals surface area contributed by atoms with Gasteiger partial charge in [0.15, 0.2) is 0 Å². The molecule has 0 aromatic rings. The van der Waals surface area contributed by atoms with Crippen LogP contribution in [0.2, 0.25) is 0 Å². The van der Waals surface area contributed by atoms with Crippen LogP contribution < -0.4 is 5.32 Å². The Balaban J connectivity index is 0. The fourth-order valence-electron chi connectivity index (χ4n) is 2.91. The first kappa shape index (κ1) is 28.9. The van der Waals surface area contributed by atoms with Crippen molar-refractivity contribution >= 4 is 41.4 Å². The number of unbranched alkanes of at least 4 members (excludes halogenated alkanes) is 12. The number of hydrogen-bond acceptors (Lipinski definition) is 2. The Bertz CT molecular complexity index is 373. The van der Waals surface area contributed by atoms with Gasteiger partial charge >= 0.3 is 5.97 Å². The van der Waals surface area contributed by atoms with E-state index in [4.69, 9.17) is 5.11 Å². The maximum Gasteiger partial charge on any atom is 0.303 e. The first-order valence-corrected chi connectivity index (χ1v) is 10.8. The van der Waals surface area contributed by atoms with E-state index >= 15 is 0 Å². The summed E-state index contributed by atoms with van der Waals surface area (Å²) in [4.78, 5) is 21.7. The summed E-state index contributed by atoms with van der Waals surface area (Å²) in [5.41, 5.74) is 0. The molecule has 0 aliphatic heterocycles. The minimum Gasteiger partial charge on any atom is -0.481 e. The molecule has 5 heteroatoms. The van der Waals surface area contributed by atoms with E-state index in [9.17, 15) is 9.59 Å². The molecule has 0 fully saturated rings. The third-order valence-corrected chi connectivity index (χ3v) is 4.58. The van der Waals surface area contributed by atoms with Gasteiger partial charge in [0, 0.05) is 42.5 Å². The quantitative estimate of drug-likeness (QED) is 0.171. The summed E-state index contributed by atoms with van der Waals surface area (Å²) < 4.78 is 0. The fourth-order valence-corrected chi connectivity index (χ4v) is 2.91. The summed E-state index contributed by atoms with van der Waals surface area (Å²) in [6.07, 6.45) is 22.5. The van der Waals surface area contributed by atoms with Crippen molar-refractivity contribution in [3.05, 3.63) is 12.2 Å². The third kappa shape index (κ3) is 25.7. The van der Waals surface area contributed by atoms with Crippen LogP contribution in [0.1, 0.15) is 110 Å². The summed E-state index contributed by atoms with van der Waals surface area (Å²) in [5, 5.41) is 11.3. The smallest absolute Gasteiger partial charge is 0.303 e. The van der Waals surface area contributed by atoms with Crippen LogP contribution in [-0.2, 0) is 9.59 Å². The van der Waals surface area contributed by atoms with E-state index in [1.165, 1.54) is 77.0 Å². The Hall–Kier alpha value is -0.320. The molecule has 0 unspecified atom stereocenters. The van der Waals surface area contributed by atoms with Gasteiger partial charge in [-0.3, -0.25) is 9.59 Å². The number of allylic oxidation sites excluding steroid dienone is 2. The number of carbonyl (C=O) groups is 2. The normalized spacial score (nSPS) is 10.7. The summed E-state index contributed by atoms with van der Waals surface area (Å²) in [5.74, 6) is -1.07. The second-order valence-electron chi connectivity index (χ2n) is 7.18. The number of carboxylic acid groups (broad SMARTS) is 1. The number of carbonyl (C=O) groups excluding carboxylic acids is 1. The topological polar surface area (TPSA) is 66.4 Å². The van der Waals surface area contributed by atoms with Crippen molar-refractivity contribution in [2.24, 2.45) is 0 Å². The SMILES string of the molecule is CCCCCCCCC=CCCCCCCCCNC(=O)CCC(=O)O.[Na]. The predicted octanol–water partition coefficient (Wildman–Crippen LogP) is 5.62.